The van der Waals surface area contributed by atoms with Crippen LogP contribution in [0.15, 0.2) is 12.2 Å². The minimum absolute atomic E-state index is 0.426. The Morgan fingerprint density at radius 3 is 2.55 bits per heavy atom. The Balaban J connectivity index is 1.75. The van der Waals surface area contributed by atoms with Crippen LogP contribution in [-0.2, 0) is 0 Å². The van der Waals surface area contributed by atoms with E-state index in [9.17, 15) is 0 Å². The normalized spacial score (nSPS) is 56.2. The van der Waals surface area contributed by atoms with Gasteiger partial charge in [-0.15, -0.1) is 0 Å². The van der Waals surface area contributed by atoms with Gasteiger partial charge in [-0.1, -0.05) is 39.8 Å². The molecule has 0 aliphatic heterocycles. The predicted octanol–water partition coefficient (Wildman–Crippen LogP) is 5.83. The fourth-order valence-electron chi connectivity index (χ4n) is 7.62. The summed E-state index contributed by atoms with van der Waals surface area (Å²) in [4.78, 5) is 0. The van der Waals surface area contributed by atoms with Crippen LogP contribution >= 0.6 is 0 Å². The molecule has 6 atom stereocenters. The second kappa shape index (κ2) is 3.93. The first-order valence-corrected chi connectivity index (χ1v) is 9.05. The first-order chi connectivity index (χ1) is 9.37. The van der Waals surface area contributed by atoms with Crippen molar-refractivity contribution in [1.82, 2.24) is 0 Å². The molecule has 0 aromatic carbocycles. The van der Waals surface area contributed by atoms with Gasteiger partial charge in [-0.25, -0.2) is 0 Å². The lowest BCUT2D eigenvalue weighted by atomic mass is 9.42. The van der Waals surface area contributed by atoms with E-state index < -0.39 is 0 Å². The summed E-state index contributed by atoms with van der Waals surface area (Å²) in [7, 11) is 0. The highest BCUT2D eigenvalue weighted by Crippen LogP contribution is 2.71. The molecule has 0 amide bonds. The van der Waals surface area contributed by atoms with Gasteiger partial charge in [-0.2, -0.15) is 0 Å². The Hall–Kier alpha value is -0.260. The molecule has 0 nitrogen and oxygen atoms in total. The molecule has 4 rings (SSSR count). The summed E-state index contributed by atoms with van der Waals surface area (Å²) in [5.41, 5.74) is 1.76. The zero-order valence-electron chi connectivity index (χ0n) is 13.9. The Morgan fingerprint density at radius 2 is 1.75 bits per heavy atom. The first kappa shape index (κ1) is 13.4. The van der Waals surface area contributed by atoms with Crippen molar-refractivity contribution in [1.29, 1.82) is 0 Å². The van der Waals surface area contributed by atoms with E-state index in [1.807, 2.05) is 0 Å². The van der Waals surface area contributed by atoms with Gasteiger partial charge in [0.2, 0.25) is 0 Å². The molecule has 0 radical (unpaired) electrons. The van der Waals surface area contributed by atoms with Crippen LogP contribution in [0, 0.1) is 39.9 Å². The fourth-order valence-corrected chi connectivity index (χ4v) is 7.62. The third-order valence-corrected chi connectivity index (χ3v) is 8.29. The largest absolute Gasteiger partial charge is 0.0874 e. The number of hydrogen-bond donors (Lipinski definition) is 0. The molecule has 2 bridgehead atoms. The van der Waals surface area contributed by atoms with Crippen LogP contribution in [0.5, 0.6) is 0 Å². The molecule has 3 saturated carbocycles. The summed E-state index contributed by atoms with van der Waals surface area (Å²) in [5, 5.41) is 0. The van der Waals surface area contributed by atoms with Crippen molar-refractivity contribution in [3.8, 4) is 0 Å². The molecule has 20 heavy (non-hydrogen) atoms. The van der Waals surface area contributed by atoms with Crippen LogP contribution in [0.2, 0.25) is 0 Å². The highest BCUT2D eigenvalue weighted by Gasteiger charge is 2.62. The van der Waals surface area contributed by atoms with Crippen LogP contribution in [0.4, 0.5) is 0 Å². The van der Waals surface area contributed by atoms with Gasteiger partial charge in [0.25, 0.3) is 0 Å². The van der Waals surface area contributed by atoms with Crippen LogP contribution in [-0.4, -0.2) is 0 Å². The molecule has 0 aromatic heterocycles. The molecule has 0 heteroatoms. The SMILES string of the molecule is C[C@@H]1C[C@]23CC[C@H]4C(C)(C)C=CC[C@]4(C)[C@H]2CC[C@@H]1C3. The summed E-state index contributed by atoms with van der Waals surface area (Å²) >= 11 is 0. The molecule has 3 fully saturated rings. The second-order valence-electron chi connectivity index (χ2n) is 9.66. The molecule has 0 N–H and O–H groups in total. The van der Waals surface area contributed by atoms with Crippen molar-refractivity contribution in [2.24, 2.45) is 39.9 Å². The minimum atomic E-state index is 0.426. The Labute approximate surface area is 125 Å². The van der Waals surface area contributed by atoms with Crippen LogP contribution in [0.1, 0.15) is 72.6 Å². The zero-order valence-corrected chi connectivity index (χ0v) is 13.9. The topological polar surface area (TPSA) is 0 Å². The average molecular weight is 272 g/mol. The summed E-state index contributed by atoms with van der Waals surface area (Å²) in [6.07, 6.45) is 15.6. The number of hydrogen-bond acceptors (Lipinski definition) is 0. The molecule has 0 aromatic rings. The van der Waals surface area contributed by atoms with Crippen LogP contribution < -0.4 is 0 Å². The molecule has 0 saturated heterocycles. The quantitative estimate of drug-likeness (QED) is 0.487. The first-order valence-electron chi connectivity index (χ1n) is 9.05. The van der Waals surface area contributed by atoms with Crippen molar-refractivity contribution in [3.63, 3.8) is 0 Å². The van der Waals surface area contributed by atoms with E-state index in [1.54, 1.807) is 12.8 Å². The van der Waals surface area contributed by atoms with E-state index in [4.69, 9.17) is 0 Å². The summed E-state index contributed by atoms with van der Waals surface area (Å²) < 4.78 is 0. The van der Waals surface area contributed by atoms with Gasteiger partial charge in [0.15, 0.2) is 0 Å². The van der Waals surface area contributed by atoms with Gasteiger partial charge in [0.05, 0.1) is 0 Å². The van der Waals surface area contributed by atoms with Crippen molar-refractivity contribution in [3.05, 3.63) is 12.2 Å². The molecule has 0 unspecified atom stereocenters. The van der Waals surface area contributed by atoms with Crippen molar-refractivity contribution in [2.45, 2.75) is 72.6 Å². The van der Waals surface area contributed by atoms with E-state index in [-0.39, 0.29) is 0 Å². The van der Waals surface area contributed by atoms with Crippen molar-refractivity contribution < 1.29 is 0 Å². The zero-order chi connectivity index (χ0) is 14.2. The molecular formula is C20H32. The maximum Gasteiger partial charge on any atom is -0.0141 e. The molecule has 4 aliphatic rings. The monoisotopic (exact) mass is 272 g/mol. The third-order valence-electron chi connectivity index (χ3n) is 8.29. The van der Waals surface area contributed by atoms with Crippen LogP contribution in [0.3, 0.4) is 0 Å². The summed E-state index contributed by atoms with van der Waals surface area (Å²) in [6.45, 7) is 10.2. The van der Waals surface area contributed by atoms with Gasteiger partial charge in [-0.3, -0.25) is 0 Å². The van der Waals surface area contributed by atoms with E-state index in [0.29, 0.717) is 10.8 Å². The van der Waals surface area contributed by atoms with E-state index in [1.165, 1.54) is 32.1 Å². The molecule has 1 spiro atoms. The molecule has 112 valence electrons. The summed E-state index contributed by atoms with van der Waals surface area (Å²) in [6, 6.07) is 0. The van der Waals surface area contributed by atoms with E-state index in [2.05, 4.69) is 39.8 Å². The minimum Gasteiger partial charge on any atom is -0.0874 e. The predicted molar refractivity (Wildman–Crippen MR) is 85.4 cm³/mol. The van der Waals surface area contributed by atoms with Gasteiger partial charge < -0.3 is 0 Å². The fraction of sp³-hybridized carbons (Fsp3) is 0.900. The molecular weight excluding hydrogens is 240 g/mol. The number of fused-ring (bicyclic) bond motifs is 3. The van der Waals surface area contributed by atoms with Gasteiger partial charge >= 0.3 is 0 Å². The Kier molecular flexibility index (Phi) is 2.63. The Bertz CT molecular complexity index is 441. The Morgan fingerprint density at radius 1 is 0.950 bits per heavy atom. The lowest BCUT2D eigenvalue weighted by molar-refractivity contribution is -0.114. The van der Waals surface area contributed by atoms with Crippen molar-refractivity contribution >= 4 is 0 Å². The van der Waals surface area contributed by atoms with E-state index >= 15 is 0 Å². The maximum absolute atomic E-state index is 2.66. The molecule has 4 aliphatic carbocycles. The highest BCUT2D eigenvalue weighted by atomic mass is 14.7. The average Bonchev–Trinajstić information content (AvgIpc) is 2.58. The molecule has 0 heterocycles. The smallest absolute Gasteiger partial charge is 0.0141 e. The van der Waals surface area contributed by atoms with Gasteiger partial charge in [0, 0.05) is 0 Å². The van der Waals surface area contributed by atoms with Crippen LogP contribution in [0.25, 0.3) is 0 Å². The number of rotatable bonds is 0. The highest BCUT2D eigenvalue weighted by molar-refractivity contribution is 5.18. The second-order valence-corrected chi connectivity index (χ2v) is 9.66. The third kappa shape index (κ3) is 1.54. The van der Waals surface area contributed by atoms with Gasteiger partial charge in [-0.05, 0) is 84.9 Å². The van der Waals surface area contributed by atoms with Gasteiger partial charge in [0.1, 0.15) is 0 Å². The standard InChI is InChI=1S/C20H32/c1-14-12-20-11-8-16-18(2,3)9-5-10-19(16,4)17(20)7-6-15(14)13-20/h5,9,14-17H,6-8,10-13H2,1-4H3/t14-,15-,16+,17-,19+,20+/m1/s1. The lowest BCUT2D eigenvalue weighted by Crippen LogP contribution is -2.54. The number of allylic oxidation sites excluding steroid dienone is 2. The maximum atomic E-state index is 2.66. The van der Waals surface area contributed by atoms with Crippen molar-refractivity contribution in [2.75, 3.05) is 0 Å². The lowest BCUT2D eigenvalue weighted by Gasteiger charge is -2.62. The summed E-state index contributed by atoms with van der Waals surface area (Å²) in [5.74, 6) is 4.01. The van der Waals surface area contributed by atoms with E-state index in [0.717, 1.165) is 29.1 Å².